The summed E-state index contributed by atoms with van der Waals surface area (Å²) in [5, 5.41) is 17.4. The predicted octanol–water partition coefficient (Wildman–Crippen LogP) is 0.836. The highest BCUT2D eigenvalue weighted by molar-refractivity contribution is 5.87. The van der Waals surface area contributed by atoms with Gasteiger partial charge in [0.05, 0.1) is 6.42 Å². The van der Waals surface area contributed by atoms with Crippen molar-refractivity contribution in [1.82, 2.24) is 0 Å². The molecule has 2 unspecified atom stereocenters. The molecule has 0 aromatic heterocycles. The Morgan fingerprint density at radius 3 is 2.18 bits per heavy atom. The maximum absolute atomic E-state index is 11.2. The van der Waals surface area contributed by atoms with Crippen molar-refractivity contribution in [2.45, 2.75) is 19.4 Å². The van der Waals surface area contributed by atoms with Crippen LogP contribution in [-0.2, 0) is 19.1 Å². The maximum Gasteiger partial charge on any atom is 0.333 e. The Hall–Kier alpha value is -2.11. The second-order valence-corrected chi connectivity index (χ2v) is 3.43. The van der Waals surface area contributed by atoms with E-state index in [4.69, 9.17) is 14.9 Å². The van der Waals surface area contributed by atoms with Gasteiger partial charge in [0.25, 0.3) is 0 Å². The molecule has 0 aliphatic rings. The number of hydrogen-bond donors (Lipinski definition) is 2. The van der Waals surface area contributed by atoms with Crippen LogP contribution < -0.4 is 0 Å². The van der Waals surface area contributed by atoms with Crippen molar-refractivity contribution >= 4 is 17.9 Å². The number of esters is 1. The molecule has 0 fully saturated rings. The molecule has 6 heteroatoms. The van der Waals surface area contributed by atoms with E-state index in [1.165, 1.54) is 6.92 Å². The lowest BCUT2D eigenvalue weighted by atomic mass is 9.98. The first-order valence-corrected chi connectivity index (χ1v) is 4.73. The van der Waals surface area contributed by atoms with Crippen LogP contribution in [0.3, 0.4) is 0 Å². The van der Waals surface area contributed by atoms with Gasteiger partial charge in [-0.25, -0.2) is 4.79 Å². The van der Waals surface area contributed by atoms with E-state index in [-0.39, 0.29) is 5.57 Å². The fraction of sp³-hybridized carbons (Fsp3) is 0.364. The van der Waals surface area contributed by atoms with E-state index in [1.807, 2.05) is 0 Å². The van der Waals surface area contributed by atoms with Crippen LogP contribution in [0.1, 0.15) is 13.3 Å². The summed E-state index contributed by atoms with van der Waals surface area (Å²) in [6, 6.07) is 0. The number of hydrogen-bond acceptors (Lipinski definition) is 4. The molecule has 0 heterocycles. The van der Waals surface area contributed by atoms with Gasteiger partial charge >= 0.3 is 17.9 Å². The van der Waals surface area contributed by atoms with Crippen molar-refractivity contribution < 1.29 is 29.3 Å². The van der Waals surface area contributed by atoms with E-state index >= 15 is 0 Å². The third kappa shape index (κ3) is 4.96. The molecule has 0 saturated heterocycles. The summed E-state index contributed by atoms with van der Waals surface area (Å²) in [5.74, 6) is -4.82. The highest BCUT2D eigenvalue weighted by atomic mass is 16.5. The third-order valence-electron chi connectivity index (χ3n) is 1.93. The van der Waals surface area contributed by atoms with Gasteiger partial charge in [0.15, 0.2) is 0 Å². The van der Waals surface area contributed by atoms with Gasteiger partial charge in [-0.05, 0) is 6.92 Å². The van der Waals surface area contributed by atoms with Crippen molar-refractivity contribution in [1.29, 1.82) is 0 Å². The average molecular weight is 242 g/mol. The number of carbonyl (C=O) groups is 3. The van der Waals surface area contributed by atoms with Gasteiger partial charge in [-0.1, -0.05) is 19.2 Å². The average Bonchev–Trinajstić information content (AvgIpc) is 2.21. The summed E-state index contributed by atoms with van der Waals surface area (Å²) in [6.45, 7) is 8.05. The first-order chi connectivity index (χ1) is 7.79. The molecule has 2 atom stereocenters. The van der Waals surface area contributed by atoms with Crippen molar-refractivity contribution in [3.05, 3.63) is 24.8 Å². The van der Waals surface area contributed by atoms with Gasteiger partial charge in [-0.15, -0.1) is 0 Å². The van der Waals surface area contributed by atoms with E-state index in [1.54, 1.807) is 0 Å². The van der Waals surface area contributed by atoms with Gasteiger partial charge in [0.1, 0.15) is 12.0 Å². The van der Waals surface area contributed by atoms with Gasteiger partial charge in [-0.2, -0.15) is 0 Å². The maximum atomic E-state index is 11.2. The molecule has 0 aliphatic heterocycles. The lowest BCUT2D eigenvalue weighted by Crippen LogP contribution is -2.33. The molecule has 0 bridgehead atoms. The second-order valence-electron chi connectivity index (χ2n) is 3.43. The summed E-state index contributed by atoms with van der Waals surface area (Å²) >= 11 is 0. The number of aliphatic carboxylic acids is 2. The molecule has 94 valence electrons. The van der Waals surface area contributed by atoms with E-state index in [0.717, 1.165) is 6.08 Å². The zero-order chi connectivity index (χ0) is 13.6. The number of carboxylic acids is 2. The van der Waals surface area contributed by atoms with E-state index < -0.39 is 36.4 Å². The molecule has 0 spiro atoms. The van der Waals surface area contributed by atoms with Crippen LogP contribution in [0.25, 0.3) is 0 Å². The minimum absolute atomic E-state index is 0.0938. The predicted molar refractivity (Wildman–Crippen MR) is 58.3 cm³/mol. The zero-order valence-corrected chi connectivity index (χ0v) is 9.38. The van der Waals surface area contributed by atoms with Crippen LogP contribution >= 0.6 is 0 Å². The fourth-order valence-electron chi connectivity index (χ4n) is 1.05. The van der Waals surface area contributed by atoms with Crippen LogP contribution in [0.15, 0.2) is 24.8 Å². The number of carbonyl (C=O) groups excluding carboxylic acids is 1. The normalized spacial score (nSPS) is 13.2. The molecule has 0 amide bonds. The quantitative estimate of drug-likeness (QED) is 0.389. The Kier molecular flexibility index (Phi) is 5.66. The molecule has 0 aromatic rings. The largest absolute Gasteiger partial charge is 0.481 e. The molecule has 0 radical (unpaired) electrons. The van der Waals surface area contributed by atoms with E-state index in [0.29, 0.717) is 0 Å². The highest BCUT2D eigenvalue weighted by Gasteiger charge is 2.31. The monoisotopic (exact) mass is 242 g/mol. The van der Waals surface area contributed by atoms with Gasteiger partial charge in [0, 0.05) is 5.57 Å². The molecule has 0 saturated carbocycles. The SMILES string of the molecule is C=CC(OC(=O)C(=C)C)C(CC(=O)O)C(=O)O. The number of carboxylic acid groups (broad SMARTS) is 2. The first kappa shape index (κ1) is 14.9. The van der Waals surface area contributed by atoms with Crippen LogP contribution in [0.5, 0.6) is 0 Å². The Morgan fingerprint density at radius 2 is 1.88 bits per heavy atom. The van der Waals surface area contributed by atoms with E-state index in [9.17, 15) is 14.4 Å². The summed E-state index contributed by atoms with van der Waals surface area (Å²) in [6.07, 6.45) is -0.772. The minimum atomic E-state index is -1.37. The van der Waals surface area contributed by atoms with Gasteiger partial charge < -0.3 is 14.9 Å². The Morgan fingerprint density at radius 1 is 1.35 bits per heavy atom. The lowest BCUT2D eigenvalue weighted by molar-refractivity contribution is -0.157. The Balaban J connectivity index is 4.85. The van der Waals surface area contributed by atoms with Crippen LogP contribution in [-0.4, -0.2) is 34.2 Å². The lowest BCUT2D eigenvalue weighted by Gasteiger charge is -2.19. The summed E-state index contributed by atoms with van der Waals surface area (Å²) in [5.41, 5.74) is 0.0938. The van der Waals surface area contributed by atoms with Crippen LogP contribution in [0.4, 0.5) is 0 Å². The molecule has 0 aliphatic carbocycles. The summed E-state index contributed by atoms with van der Waals surface area (Å²) in [7, 11) is 0. The summed E-state index contributed by atoms with van der Waals surface area (Å²) < 4.78 is 4.78. The van der Waals surface area contributed by atoms with Crippen molar-refractivity contribution in [2.75, 3.05) is 0 Å². The molecule has 0 aromatic carbocycles. The zero-order valence-electron chi connectivity index (χ0n) is 9.38. The number of ether oxygens (including phenoxy) is 1. The van der Waals surface area contributed by atoms with Crippen LogP contribution in [0, 0.1) is 5.92 Å². The van der Waals surface area contributed by atoms with Crippen molar-refractivity contribution in [3.63, 3.8) is 0 Å². The van der Waals surface area contributed by atoms with Gasteiger partial charge in [0.2, 0.25) is 0 Å². The number of rotatable bonds is 7. The molecule has 17 heavy (non-hydrogen) atoms. The first-order valence-electron chi connectivity index (χ1n) is 4.73. The topological polar surface area (TPSA) is 101 Å². The smallest absolute Gasteiger partial charge is 0.333 e. The molecule has 0 rings (SSSR count). The van der Waals surface area contributed by atoms with Crippen molar-refractivity contribution in [2.24, 2.45) is 5.92 Å². The summed E-state index contributed by atoms with van der Waals surface area (Å²) in [4.78, 5) is 32.6. The van der Waals surface area contributed by atoms with E-state index in [2.05, 4.69) is 13.2 Å². The van der Waals surface area contributed by atoms with Crippen molar-refractivity contribution in [3.8, 4) is 0 Å². The third-order valence-corrected chi connectivity index (χ3v) is 1.93. The minimum Gasteiger partial charge on any atom is -0.481 e. The highest BCUT2D eigenvalue weighted by Crippen LogP contribution is 2.16. The molecular formula is C11H14O6. The standard InChI is InChI=1S/C11H14O6/c1-4-8(17-11(16)6(2)3)7(10(14)15)5-9(12)13/h4,7-8H,1-2,5H2,3H3,(H,12,13)(H,14,15). The molecule has 6 nitrogen and oxygen atoms in total. The molecular weight excluding hydrogens is 228 g/mol. The fourth-order valence-corrected chi connectivity index (χ4v) is 1.05. The Bertz CT molecular complexity index is 357. The van der Waals surface area contributed by atoms with Crippen LogP contribution in [0.2, 0.25) is 0 Å². The van der Waals surface area contributed by atoms with Gasteiger partial charge in [-0.3, -0.25) is 9.59 Å². The Labute approximate surface area is 98.2 Å². The molecule has 2 N–H and O–H groups in total. The second kappa shape index (κ2) is 6.47.